The smallest absolute Gasteiger partial charge is 0.258 e. The maximum absolute atomic E-state index is 12.9. The highest BCUT2D eigenvalue weighted by Crippen LogP contribution is 2.26. The van der Waals surface area contributed by atoms with Gasteiger partial charge in [0.1, 0.15) is 5.40 Å². The summed E-state index contributed by atoms with van der Waals surface area (Å²) in [7, 11) is 1.82. The number of pyridine rings is 1. The Kier molecular flexibility index (Phi) is 5.69. The Morgan fingerprint density at radius 2 is 1.96 bits per heavy atom. The number of thiocyanates is 1. The third kappa shape index (κ3) is 3.63. The lowest BCUT2D eigenvalue weighted by atomic mass is 10.0. The number of aryl methyl sites for hydroxylation is 1. The maximum atomic E-state index is 12.9. The van der Waals surface area contributed by atoms with Crippen molar-refractivity contribution in [2.24, 2.45) is 13.0 Å². The Bertz CT molecular complexity index is 978. The highest BCUT2D eigenvalue weighted by atomic mass is 32.2. The van der Waals surface area contributed by atoms with Gasteiger partial charge in [0.05, 0.1) is 0 Å². The van der Waals surface area contributed by atoms with Crippen LogP contribution in [0.5, 0.6) is 0 Å². The van der Waals surface area contributed by atoms with Crippen LogP contribution in [0.1, 0.15) is 26.3 Å². The molecule has 0 spiro atoms. The number of rotatable bonds is 3. The second-order valence-electron chi connectivity index (χ2n) is 6.13. The lowest BCUT2D eigenvalue weighted by Crippen LogP contribution is -2.42. The predicted octanol–water partition coefficient (Wildman–Crippen LogP) is 3.17. The standard InChI is InChI=1S/C20H22N2OS/c1-6-15-10-18(20(23)22(5)19(15)9-13(2)3)17-11-16(24-12-21)8-7-14(17)4/h6-11,13H,1-5H3/b15-6-,19-9+. The van der Waals surface area contributed by atoms with Crippen molar-refractivity contribution >= 4 is 23.9 Å². The van der Waals surface area contributed by atoms with Crippen molar-refractivity contribution in [3.63, 3.8) is 0 Å². The number of aromatic nitrogens is 1. The van der Waals surface area contributed by atoms with Crippen molar-refractivity contribution in [2.45, 2.75) is 32.6 Å². The van der Waals surface area contributed by atoms with E-state index in [9.17, 15) is 4.79 Å². The Hall–Kier alpha value is -2.25. The first-order chi connectivity index (χ1) is 11.4. The van der Waals surface area contributed by atoms with E-state index in [1.54, 1.807) is 4.57 Å². The molecule has 0 amide bonds. The summed E-state index contributed by atoms with van der Waals surface area (Å²) >= 11 is 1.11. The first-order valence-electron chi connectivity index (χ1n) is 7.94. The quantitative estimate of drug-likeness (QED) is 0.638. The first kappa shape index (κ1) is 18.1. The predicted molar refractivity (Wildman–Crippen MR) is 102 cm³/mol. The van der Waals surface area contributed by atoms with E-state index in [-0.39, 0.29) is 5.56 Å². The Morgan fingerprint density at radius 1 is 1.25 bits per heavy atom. The van der Waals surface area contributed by atoms with Gasteiger partial charge in [-0.1, -0.05) is 32.1 Å². The van der Waals surface area contributed by atoms with Crippen LogP contribution >= 0.6 is 11.8 Å². The Morgan fingerprint density at radius 3 is 2.54 bits per heavy atom. The van der Waals surface area contributed by atoms with E-state index < -0.39 is 0 Å². The van der Waals surface area contributed by atoms with E-state index in [2.05, 4.69) is 25.3 Å². The van der Waals surface area contributed by atoms with Gasteiger partial charge in [-0.3, -0.25) is 4.79 Å². The molecule has 124 valence electrons. The van der Waals surface area contributed by atoms with Gasteiger partial charge >= 0.3 is 0 Å². The van der Waals surface area contributed by atoms with Gasteiger partial charge in [-0.05, 0) is 66.1 Å². The highest BCUT2D eigenvalue weighted by molar-refractivity contribution is 8.03. The monoisotopic (exact) mass is 338 g/mol. The molecule has 0 fully saturated rings. The fourth-order valence-corrected chi connectivity index (χ4v) is 3.15. The fraction of sp³-hybridized carbons (Fsp3) is 0.300. The summed E-state index contributed by atoms with van der Waals surface area (Å²) in [6.45, 7) is 8.17. The second-order valence-corrected chi connectivity index (χ2v) is 6.99. The lowest BCUT2D eigenvalue weighted by molar-refractivity contribution is 0.796. The van der Waals surface area contributed by atoms with Crippen LogP contribution in [0.15, 0.2) is 34.0 Å². The molecule has 0 aliphatic rings. The van der Waals surface area contributed by atoms with Gasteiger partial charge in [0.2, 0.25) is 0 Å². The van der Waals surface area contributed by atoms with Crippen LogP contribution in [0, 0.1) is 23.5 Å². The Labute approximate surface area is 147 Å². The molecule has 0 aliphatic carbocycles. The fourth-order valence-electron chi connectivity index (χ4n) is 2.73. The molecule has 0 unspecified atom stereocenters. The van der Waals surface area contributed by atoms with Crippen molar-refractivity contribution in [1.29, 1.82) is 5.26 Å². The van der Waals surface area contributed by atoms with E-state index in [4.69, 9.17) is 5.26 Å². The molecule has 3 nitrogen and oxygen atoms in total. The van der Waals surface area contributed by atoms with Gasteiger partial charge in [0.15, 0.2) is 0 Å². The van der Waals surface area contributed by atoms with Gasteiger partial charge in [-0.15, -0.1) is 0 Å². The van der Waals surface area contributed by atoms with Crippen molar-refractivity contribution in [3.05, 3.63) is 50.8 Å². The molecule has 0 atom stereocenters. The molecule has 0 saturated carbocycles. The Balaban J connectivity index is 2.84. The van der Waals surface area contributed by atoms with E-state index in [1.165, 1.54) is 0 Å². The average molecular weight is 338 g/mol. The number of benzene rings is 1. The summed E-state index contributed by atoms with van der Waals surface area (Å²) in [4.78, 5) is 13.8. The van der Waals surface area contributed by atoms with Crippen LogP contribution in [0.4, 0.5) is 0 Å². The number of hydrogen-bond acceptors (Lipinski definition) is 3. The summed E-state index contributed by atoms with van der Waals surface area (Å²) in [6.07, 6.45) is 4.13. The molecule has 0 radical (unpaired) electrons. The molecule has 2 aromatic rings. The molecule has 1 aromatic carbocycles. The average Bonchev–Trinajstić information content (AvgIpc) is 2.54. The maximum Gasteiger partial charge on any atom is 0.258 e. The van der Waals surface area contributed by atoms with Crippen LogP contribution in [0.2, 0.25) is 0 Å². The molecule has 24 heavy (non-hydrogen) atoms. The zero-order valence-electron chi connectivity index (χ0n) is 14.8. The molecule has 0 aliphatic heterocycles. The minimum atomic E-state index is -0.0188. The molecular formula is C20H22N2OS. The zero-order valence-corrected chi connectivity index (χ0v) is 15.6. The van der Waals surface area contributed by atoms with Crippen molar-refractivity contribution in [1.82, 2.24) is 4.57 Å². The number of nitriles is 1. The summed E-state index contributed by atoms with van der Waals surface area (Å²) < 4.78 is 1.72. The minimum Gasteiger partial charge on any atom is -0.311 e. The van der Waals surface area contributed by atoms with E-state index in [1.807, 2.05) is 51.2 Å². The number of thioether (sulfide) groups is 1. The van der Waals surface area contributed by atoms with Gasteiger partial charge in [0.25, 0.3) is 5.56 Å². The van der Waals surface area contributed by atoms with Gasteiger partial charge in [-0.25, -0.2) is 0 Å². The van der Waals surface area contributed by atoms with Crippen molar-refractivity contribution in [3.8, 4) is 16.5 Å². The van der Waals surface area contributed by atoms with Crippen LogP contribution in [0.25, 0.3) is 23.3 Å². The second kappa shape index (κ2) is 7.55. The number of nitrogens with zero attached hydrogens (tertiary/aromatic N) is 2. The molecule has 0 saturated heterocycles. The minimum absolute atomic E-state index is 0.0188. The summed E-state index contributed by atoms with van der Waals surface area (Å²) in [6, 6.07) is 7.74. The van der Waals surface area contributed by atoms with E-state index in [0.29, 0.717) is 11.5 Å². The molecule has 2 rings (SSSR count). The van der Waals surface area contributed by atoms with E-state index in [0.717, 1.165) is 38.4 Å². The van der Waals surface area contributed by atoms with Crippen LogP contribution in [0.3, 0.4) is 0 Å². The lowest BCUT2D eigenvalue weighted by Gasteiger charge is -2.11. The topological polar surface area (TPSA) is 45.8 Å². The van der Waals surface area contributed by atoms with Crippen LogP contribution < -0.4 is 16.1 Å². The van der Waals surface area contributed by atoms with Crippen LogP contribution in [-0.2, 0) is 7.05 Å². The SMILES string of the molecule is C/C=c1/cc(-c2cc(SC#N)ccc2C)c(=O)n(C)/c1=C/C(C)C. The first-order valence-corrected chi connectivity index (χ1v) is 8.76. The zero-order chi connectivity index (χ0) is 17.9. The molecule has 0 bridgehead atoms. The summed E-state index contributed by atoms with van der Waals surface area (Å²) in [5, 5.41) is 13.0. The van der Waals surface area contributed by atoms with E-state index >= 15 is 0 Å². The molecule has 1 heterocycles. The summed E-state index contributed by atoms with van der Waals surface area (Å²) in [5.74, 6) is 0.359. The van der Waals surface area contributed by atoms with Crippen LogP contribution in [-0.4, -0.2) is 4.57 Å². The van der Waals surface area contributed by atoms with Gasteiger partial charge in [0, 0.05) is 22.9 Å². The largest absolute Gasteiger partial charge is 0.311 e. The molecule has 0 N–H and O–H groups in total. The highest BCUT2D eigenvalue weighted by Gasteiger charge is 2.11. The van der Waals surface area contributed by atoms with Crippen molar-refractivity contribution < 1.29 is 0 Å². The summed E-state index contributed by atoms with van der Waals surface area (Å²) in [5.41, 5.74) is 2.56. The third-order valence-corrected chi connectivity index (χ3v) is 4.54. The van der Waals surface area contributed by atoms with Crippen molar-refractivity contribution in [2.75, 3.05) is 0 Å². The van der Waals surface area contributed by atoms with Gasteiger partial charge in [-0.2, -0.15) is 5.26 Å². The number of hydrogen-bond donors (Lipinski definition) is 0. The van der Waals surface area contributed by atoms with Gasteiger partial charge < -0.3 is 4.57 Å². The third-order valence-electron chi connectivity index (χ3n) is 3.96. The molecule has 1 aromatic heterocycles. The normalized spacial score (nSPS) is 12.7. The molecular weight excluding hydrogens is 316 g/mol. The molecule has 4 heteroatoms.